The molecule has 8 nitrogen and oxygen atoms in total. The van der Waals surface area contributed by atoms with E-state index in [1.165, 1.54) is 19.1 Å². The SMILES string of the molecule is CC(C)[C@@H](CNS(=O)(=O)C(C)Cc1ccccc1F)N1C(=O)[C@@H](CC(=O)O)O[C@H](c2cccc(Cl)c2)[C@H]1c1ccc(Cl)cc1. The molecule has 2 N–H and O–H groups in total. The van der Waals surface area contributed by atoms with Crippen LogP contribution in [0.15, 0.2) is 72.8 Å². The number of carboxylic acids is 1. The van der Waals surface area contributed by atoms with Crippen LogP contribution in [0.5, 0.6) is 0 Å². The minimum Gasteiger partial charge on any atom is -0.481 e. The summed E-state index contributed by atoms with van der Waals surface area (Å²) in [6, 6.07) is 18.3. The van der Waals surface area contributed by atoms with Crippen molar-refractivity contribution < 1.29 is 32.2 Å². The number of halogens is 3. The Morgan fingerprint density at radius 3 is 2.30 bits per heavy atom. The first-order chi connectivity index (χ1) is 20.8. The van der Waals surface area contributed by atoms with Crippen LogP contribution in [0, 0.1) is 11.7 Å². The zero-order chi connectivity index (χ0) is 32.2. The van der Waals surface area contributed by atoms with Gasteiger partial charge >= 0.3 is 5.97 Å². The number of sulfonamides is 1. The summed E-state index contributed by atoms with van der Waals surface area (Å²) in [5, 5.41) is 9.57. The Hall–Kier alpha value is -3.02. The molecule has 3 aromatic carbocycles. The molecule has 12 heteroatoms. The van der Waals surface area contributed by atoms with Crippen LogP contribution in [0.3, 0.4) is 0 Å². The minimum absolute atomic E-state index is 0.0459. The van der Waals surface area contributed by atoms with Gasteiger partial charge in [0.05, 0.1) is 17.7 Å². The van der Waals surface area contributed by atoms with Gasteiger partial charge in [0, 0.05) is 22.6 Å². The second kappa shape index (κ2) is 14.4. The lowest BCUT2D eigenvalue weighted by molar-refractivity contribution is -0.184. The third kappa shape index (κ3) is 7.97. The molecule has 1 aliphatic rings. The van der Waals surface area contributed by atoms with E-state index in [1.54, 1.807) is 65.6 Å². The van der Waals surface area contributed by atoms with Crippen molar-refractivity contribution in [1.82, 2.24) is 9.62 Å². The molecule has 1 amide bonds. The first-order valence-corrected chi connectivity index (χ1v) is 16.5. The number of nitrogens with one attached hydrogen (secondary N) is 1. The molecule has 0 aromatic heterocycles. The fourth-order valence-electron chi connectivity index (χ4n) is 5.44. The lowest BCUT2D eigenvalue weighted by Gasteiger charge is -2.49. The Kier molecular flexibility index (Phi) is 11.1. The first-order valence-electron chi connectivity index (χ1n) is 14.2. The molecular weight excluding hydrogens is 630 g/mol. The molecule has 0 saturated carbocycles. The molecule has 3 aromatic rings. The predicted octanol–water partition coefficient (Wildman–Crippen LogP) is 6.19. The van der Waals surface area contributed by atoms with E-state index < -0.39 is 63.7 Å². The van der Waals surface area contributed by atoms with Crippen LogP contribution in [0.2, 0.25) is 10.0 Å². The van der Waals surface area contributed by atoms with Crippen LogP contribution in [-0.4, -0.2) is 54.2 Å². The average Bonchev–Trinajstić information content (AvgIpc) is 2.96. The number of carbonyl (C=O) groups is 2. The van der Waals surface area contributed by atoms with E-state index in [0.29, 0.717) is 21.2 Å². The topological polar surface area (TPSA) is 113 Å². The number of hydrogen-bond donors (Lipinski definition) is 2. The van der Waals surface area contributed by atoms with E-state index in [-0.39, 0.29) is 24.4 Å². The van der Waals surface area contributed by atoms with Gasteiger partial charge in [-0.2, -0.15) is 0 Å². The number of benzene rings is 3. The summed E-state index contributed by atoms with van der Waals surface area (Å²) in [6.07, 6.45) is -2.81. The first kappa shape index (κ1) is 33.9. The Morgan fingerprint density at radius 1 is 1.00 bits per heavy atom. The number of ether oxygens (including phenoxy) is 1. The molecule has 0 spiro atoms. The van der Waals surface area contributed by atoms with E-state index in [4.69, 9.17) is 27.9 Å². The highest BCUT2D eigenvalue weighted by Gasteiger charge is 2.48. The Labute approximate surface area is 267 Å². The Balaban J connectivity index is 1.74. The summed E-state index contributed by atoms with van der Waals surface area (Å²) in [5.74, 6) is -2.57. The van der Waals surface area contributed by atoms with Crippen LogP contribution in [0.1, 0.15) is 56.0 Å². The van der Waals surface area contributed by atoms with Crippen LogP contribution < -0.4 is 4.72 Å². The maximum atomic E-state index is 14.3. The fourth-order valence-corrected chi connectivity index (χ4v) is 6.86. The van der Waals surface area contributed by atoms with Crippen molar-refractivity contribution >= 4 is 45.1 Å². The van der Waals surface area contributed by atoms with Crippen molar-refractivity contribution in [2.24, 2.45) is 5.92 Å². The molecule has 0 bridgehead atoms. The van der Waals surface area contributed by atoms with E-state index in [9.17, 15) is 27.5 Å². The maximum Gasteiger partial charge on any atom is 0.306 e. The second-order valence-electron chi connectivity index (χ2n) is 11.3. The summed E-state index contributed by atoms with van der Waals surface area (Å²) in [5.41, 5.74) is 1.55. The fraction of sp³-hybridized carbons (Fsp3) is 0.375. The number of nitrogens with zero attached hydrogens (tertiary/aromatic N) is 1. The van der Waals surface area contributed by atoms with Gasteiger partial charge in [-0.3, -0.25) is 9.59 Å². The third-order valence-electron chi connectivity index (χ3n) is 7.79. The van der Waals surface area contributed by atoms with Gasteiger partial charge in [0.2, 0.25) is 10.0 Å². The molecule has 1 aliphatic heterocycles. The van der Waals surface area contributed by atoms with Gasteiger partial charge < -0.3 is 14.7 Å². The number of carboxylic acid groups (broad SMARTS) is 1. The van der Waals surface area contributed by atoms with Gasteiger partial charge in [0.25, 0.3) is 5.91 Å². The van der Waals surface area contributed by atoms with Gasteiger partial charge in [0.15, 0.2) is 0 Å². The molecule has 1 fully saturated rings. The molecule has 0 radical (unpaired) electrons. The highest BCUT2D eigenvalue weighted by Crippen LogP contribution is 2.45. The highest BCUT2D eigenvalue weighted by atomic mass is 35.5. The highest BCUT2D eigenvalue weighted by molar-refractivity contribution is 7.90. The number of amides is 1. The number of aliphatic carboxylic acids is 1. The van der Waals surface area contributed by atoms with Gasteiger partial charge in [-0.25, -0.2) is 17.5 Å². The molecule has 5 atom stereocenters. The van der Waals surface area contributed by atoms with E-state index in [0.717, 1.165) is 0 Å². The van der Waals surface area contributed by atoms with Gasteiger partial charge in [-0.1, -0.05) is 79.5 Å². The van der Waals surface area contributed by atoms with Crippen molar-refractivity contribution in [3.8, 4) is 0 Å². The Bertz CT molecular complexity index is 1590. The summed E-state index contributed by atoms with van der Waals surface area (Å²) in [7, 11) is -3.97. The number of rotatable bonds is 12. The van der Waals surface area contributed by atoms with Gasteiger partial charge in [-0.05, 0) is 66.3 Å². The summed E-state index contributed by atoms with van der Waals surface area (Å²) < 4.78 is 49.9. The molecule has 1 unspecified atom stereocenters. The van der Waals surface area contributed by atoms with Crippen molar-refractivity contribution in [3.05, 3.63) is 105 Å². The van der Waals surface area contributed by atoms with Crippen LogP contribution in [-0.2, 0) is 30.8 Å². The van der Waals surface area contributed by atoms with Crippen molar-refractivity contribution in [3.63, 3.8) is 0 Å². The quantitative estimate of drug-likeness (QED) is 0.239. The summed E-state index contributed by atoms with van der Waals surface area (Å²) in [4.78, 5) is 27.5. The van der Waals surface area contributed by atoms with Crippen molar-refractivity contribution in [2.75, 3.05) is 6.54 Å². The summed E-state index contributed by atoms with van der Waals surface area (Å²) in [6.45, 7) is 5.03. The Morgan fingerprint density at radius 2 is 1.68 bits per heavy atom. The molecule has 0 aliphatic carbocycles. The average molecular weight is 666 g/mol. The normalized spacial score (nSPS) is 20.5. The lowest BCUT2D eigenvalue weighted by Crippen LogP contribution is -2.59. The smallest absolute Gasteiger partial charge is 0.306 e. The van der Waals surface area contributed by atoms with E-state index in [2.05, 4.69) is 4.72 Å². The van der Waals surface area contributed by atoms with Crippen LogP contribution in [0.25, 0.3) is 0 Å². The largest absolute Gasteiger partial charge is 0.481 e. The third-order valence-corrected chi connectivity index (χ3v) is 10.1. The standard InChI is InChI=1S/C32H35Cl2FN2O6S/c1-19(2)27(18-36-44(41,42)20(3)15-22-7-4-5-10-26(22)35)37-30(21-11-13-24(33)14-12-21)31(23-8-6-9-25(34)16-23)43-28(32(37)40)17-29(38)39/h4-14,16,19-20,27-28,30-31,36H,15,17-18H2,1-3H3,(H,38,39)/t20?,27-,28-,30-,31-/m1/s1. The molecule has 1 heterocycles. The number of morpholine rings is 1. The second-order valence-corrected chi connectivity index (χ2v) is 14.3. The molecular formula is C32H35Cl2FN2O6S. The summed E-state index contributed by atoms with van der Waals surface area (Å²) >= 11 is 12.5. The molecule has 236 valence electrons. The minimum atomic E-state index is -3.97. The molecule has 44 heavy (non-hydrogen) atoms. The van der Waals surface area contributed by atoms with E-state index in [1.807, 2.05) is 13.8 Å². The van der Waals surface area contributed by atoms with Crippen LogP contribution in [0.4, 0.5) is 4.39 Å². The van der Waals surface area contributed by atoms with Gasteiger partial charge in [-0.15, -0.1) is 0 Å². The zero-order valence-electron chi connectivity index (χ0n) is 24.5. The van der Waals surface area contributed by atoms with Crippen molar-refractivity contribution in [2.45, 2.75) is 63.2 Å². The molecule has 4 rings (SSSR count). The predicted molar refractivity (Wildman–Crippen MR) is 167 cm³/mol. The van der Waals surface area contributed by atoms with Crippen LogP contribution >= 0.6 is 23.2 Å². The number of hydrogen-bond acceptors (Lipinski definition) is 5. The van der Waals surface area contributed by atoms with E-state index >= 15 is 0 Å². The maximum absolute atomic E-state index is 14.3. The monoisotopic (exact) mass is 664 g/mol. The molecule has 1 saturated heterocycles. The lowest BCUT2D eigenvalue weighted by atomic mass is 9.88. The van der Waals surface area contributed by atoms with Crippen molar-refractivity contribution in [1.29, 1.82) is 0 Å². The number of carbonyl (C=O) groups excluding carboxylic acids is 1. The van der Waals surface area contributed by atoms with Gasteiger partial charge in [0.1, 0.15) is 18.0 Å². The zero-order valence-corrected chi connectivity index (χ0v) is 26.8.